The summed E-state index contributed by atoms with van der Waals surface area (Å²) in [4.78, 5) is 82.0. The number of para-hydroxylation sites is 1. The van der Waals surface area contributed by atoms with Crippen molar-refractivity contribution in [3.8, 4) is 11.8 Å². The number of hydrazine groups is 1. The van der Waals surface area contributed by atoms with Crippen molar-refractivity contribution in [2.45, 2.75) is 59.0 Å². The van der Waals surface area contributed by atoms with Crippen LogP contribution in [0.25, 0.3) is 0 Å². The van der Waals surface area contributed by atoms with E-state index in [1.807, 2.05) is 50.2 Å². The summed E-state index contributed by atoms with van der Waals surface area (Å²) < 4.78 is 10.2. The van der Waals surface area contributed by atoms with Crippen LogP contribution in [0.1, 0.15) is 56.5 Å². The van der Waals surface area contributed by atoms with Crippen LogP contribution in [0.5, 0.6) is 5.75 Å². The average molecular weight is 785 g/mol. The number of rotatable bonds is 18. The molecule has 16 nitrogen and oxygen atoms in total. The molecule has 3 aromatic carbocycles. The summed E-state index contributed by atoms with van der Waals surface area (Å²) in [5.74, 6) is -2.40. The lowest BCUT2D eigenvalue weighted by Crippen LogP contribution is -2.56. The number of urea groups is 2. The number of amides is 7. The van der Waals surface area contributed by atoms with E-state index in [0.29, 0.717) is 12.1 Å². The summed E-state index contributed by atoms with van der Waals surface area (Å²) >= 11 is 0. The largest absolute Gasteiger partial charge is 0.496 e. The van der Waals surface area contributed by atoms with Gasteiger partial charge < -0.3 is 30.3 Å². The van der Waals surface area contributed by atoms with Crippen LogP contribution in [0.3, 0.4) is 0 Å². The molecule has 0 heterocycles. The van der Waals surface area contributed by atoms with Crippen LogP contribution in [-0.4, -0.2) is 86.6 Å². The summed E-state index contributed by atoms with van der Waals surface area (Å²) in [6.45, 7) is 7.05. The van der Waals surface area contributed by atoms with E-state index in [0.717, 1.165) is 5.56 Å². The lowest BCUT2D eigenvalue weighted by atomic mass is 10.0. The third kappa shape index (κ3) is 14.2. The molecule has 0 bridgehead atoms. The fourth-order valence-electron chi connectivity index (χ4n) is 5.56. The van der Waals surface area contributed by atoms with Gasteiger partial charge in [0, 0.05) is 43.3 Å². The summed E-state index contributed by atoms with van der Waals surface area (Å²) in [6.07, 6.45) is 0.413. The van der Waals surface area contributed by atoms with Crippen molar-refractivity contribution in [3.63, 3.8) is 0 Å². The molecular formula is C41H52N8O8. The highest BCUT2D eigenvalue weighted by molar-refractivity contribution is 6.00. The predicted molar refractivity (Wildman–Crippen MR) is 214 cm³/mol. The van der Waals surface area contributed by atoms with Crippen LogP contribution in [-0.2, 0) is 25.5 Å². The number of esters is 1. The highest BCUT2D eigenvalue weighted by Gasteiger charge is 2.30. The van der Waals surface area contributed by atoms with Crippen molar-refractivity contribution >= 4 is 47.1 Å². The van der Waals surface area contributed by atoms with E-state index in [-0.39, 0.29) is 61.3 Å². The summed E-state index contributed by atoms with van der Waals surface area (Å²) in [5.41, 5.74) is 6.16. The smallest absolute Gasteiger partial charge is 0.328 e. The molecule has 3 rings (SSSR count). The molecule has 57 heavy (non-hydrogen) atoms. The number of hydrogen-bond donors (Lipinski definition) is 5. The highest BCUT2D eigenvalue weighted by Crippen LogP contribution is 2.23. The third-order valence-corrected chi connectivity index (χ3v) is 8.61. The van der Waals surface area contributed by atoms with Crippen LogP contribution in [0.15, 0.2) is 78.9 Å². The zero-order chi connectivity index (χ0) is 41.9. The number of benzene rings is 3. The molecule has 0 radical (unpaired) electrons. The molecule has 0 fully saturated rings. The number of ether oxygens (including phenoxy) is 2. The minimum absolute atomic E-state index is 0.00111. The van der Waals surface area contributed by atoms with Crippen molar-refractivity contribution in [1.29, 1.82) is 5.26 Å². The highest BCUT2D eigenvalue weighted by atomic mass is 16.5. The maximum absolute atomic E-state index is 14.2. The third-order valence-electron chi connectivity index (χ3n) is 8.61. The van der Waals surface area contributed by atoms with Crippen LogP contribution in [0.2, 0.25) is 0 Å². The quantitative estimate of drug-likeness (QED) is 0.0914. The number of hydrogen-bond acceptors (Lipinski definition) is 9. The zero-order valence-electron chi connectivity index (χ0n) is 33.2. The summed E-state index contributed by atoms with van der Waals surface area (Å²) in [7, 11) is 2.62. The lowest BCUT2D eigenvalue weighted by molar-refractivity contribution is -0.145. The molecule has 0 spiro atoms. The molecule has 2 atom stereocenters. The van der Waals surface area contributed by atoms with Gasteiger partial charge in [0.05, 0.1) is 32.3 Å². The number of carbonyl (C=O) groups excluding carboxylic acids is 6. The average Bonchev–Trinajstić information content (AvgIpc) is 3.20. The first-order chi connectivity index (χ1) is 27.3. The monoisotopic (exact) mass is 784 g/mol. The van der Waals surface area contributed by atoms with Gasteiger partial charge in [-0.2, -0.15) is 5.26 Å². The Kier molecular flexibility index (Phi) is 17.8. The van der Waals surface area contributed by atoms with Gasteiger partial charge in [-0.15, -0.1) is 0 Å². The van der Waals surface area contributed by atoms with E-state index in [1.54, 1.807) is 44.2 Å². The number of nitriles is 1. The second kappa shape index (κ2) is 22.7. The van der Waals surface area contributed by atoms with E-state index in [9.17, 15) is 34.0 Å². The summed E-state index contributed by atoms with van der Waals surface area (Å²) in [6, 6.07) is 20.9. The van der Waals surface area contributed by atoms with Crippen molar-refractivity contribution in [3.05, 3.63) is 90.0 Å². The SMILES string of the molecule is COC(=O)[C@H](CC(C)C)NC(=O)[C@H](Cc1ccccc1)NC(=O)N(CCN(CCC#N)C(=O)Nc1ccc(OC)c(C(=O)NNC(=O)C(C)C)c1)c1ccccc1. The van der Waals surface area contributed by atoms with Gasteiger partial charge >= 0.3 is 18.0 Å². The number of anilines is 2. The molecule has 5 N–H and O–H groups in total. The van der Waals surface area contributed by atoms with Crippen LogP contribution in [0, 0.1) is 23.2 Å². The molecule has 0 saturated heterocycles. The maximum Gasteiger partial charge on any atom is 0.328 e. The Morgan fingerprint density at radius 1 is 0.754 bits per heavy atom. The van der Waals surface area contributed by atoms with E-state index in [4.69, 9.17) is 9.47 Å². The topological polar surface area (TPSA) is 211 Å². The first-order valence-electron chi connectivity index (χ1n) is 18.5. The Morgan fingerprint density at radius 2 is 1.42 bits per heavy atom. The van der Waals surface area contributed by atoms with Gasteiger partial charge in [0.25, 0.3) is 5.91 Å². The molecule has 0 aromatic heterocycles. The molecule has 0 aliphatic carbocycles. The van der Waals surface area contributed by atoms with E-state index in [1.165, 1.54) is 42.2 Å². The first kappa shape index (κ1) is 44.8. The number of methoxy groups -OCH3 is 2. The van der Waals surface area contributed by atoms with Gasteiger partial charge in [-0.05, 0) is 48.2 Å². The second-order valence-corrected chi connectivity index (χ2v) is 13.7. The normalized spacial score (nSPS) is 11.6. The van der Waals surface area contributed by atoms with Crippen molar-refractivity contribution in [1.82, 2.24) is 26.4 Å². The first-order valence-corrected chi connectivity index (χ1v) is 18.5. The van der Waals surface area contributed by atoms with Gasteiger partial charge in [-0.25, -0.2) is 14.4 Å². The Labute approximate surface area is 333 Å². The molecule has 7 amide bonds. The fraction of sp³-hybridized carbons (Fsp3) is 0.390. The van der Waals surface area contributed by atoms with Crippen molar-refractivity contribution < 1.29 is 38.2 Å². The minimum Gasteiger partial charge on any atom is -0.496 e. The van der Waals surface area contributed by atoms with Gasteiger partial charge in [-0.1, -0.05) is 76.2 Å². The van der Waals surface area contributed by atoms with Gasteiger partial charge in [0.2, 0.25) is 11.8 Å². The molecule has 0 aliphatic rings. The molecule has 0 aliphatic heterocycles. The molecule has 0 unspecified atom stereocenters. The van der Waals surface area contributed by atoms with E-state index >= 15 is 0 Å². The van der Waals surface area contributed by atoms with Crippen LogP contribution in [0.4, 0.5) is 21.0 Å². The zero-order valence-corrected chi connectivity index (χ0v) is 33.2. The minimum atomic E-state index is -1.11. The standard InChI is InChI=1S/C41H52N8O8/c1-27(2)24-34(39(53)57-6)44-38(52)33(25-29-14-9-7-10-15-29)45-41(55)49(31-16-11-8-12-17-31)23-22-48(21-13-20-42)40(54)43-30-18-19-35(56-5)32(26-30)37(51)47-46-36(50)28(3)4/h7-12,14-19,26-28,33-34H,13,21-25H2,1-6H3,(H,43,54)(H,44,52)(H,45,55)(H,46,50)(H,47,51)/t33-,34-/m0/s1. The van der Waals surface area contributed by atoms with Crippen LogP contribution >= 0.6 is 0 Å². The van der Waals surface area contributed by atoms with Gasteiger partial charge in [0.1, 0.15) is 17.8 Å². The Hall–Kier alpha value is -6.63. The van der Waals surface area contributed by atoms with Gasteiger partial charge in [0.15, 0.2) is 0 Å². The molecule has 16 heteroatoms. The molecule has 304 valence electrons. The molecule has 0 saturated carbocycles. The Bertz CT molecular complexity index is 1870. The maximum atomic E-state index is 14.2. The number of nitrogens with zero attached hydrogens (tertiary/aromatic N) is 3. The Balaban J connectivity index is 1.87. The molecular weight excluding hydrogens is 732 g/mol. The predicted octanol–water partition coefficient (Wildman–Crippen LogP) is 4.39. The number of nitrogens with one attached hydrogen (secondary N) is 5. The fourth-order valence-corrected chi connectivity index (χ4v) is 5.56. The second-order valence-electron chi connectivity index (χ2n) is 13.7. The van der Waals surface area contributed by atoms with Crippen molar-refractivity contribution in [2.24, 2.45) is 11.8 Å². The van der Waals surface area contributed by atoms with E-state index < -0.39 is 47.8 Å². The van der Waals surface area contributed by atoms with Gasteiger partial charge in [-0.3, -0.25) is 30.1 Å². The Morgan fingerprint density at radius 3 is 2.02 bits per heavy atom. The van der Waals surface area contributed by atoms with Crippen LogP contribution < -0.4 is 36.4 Å². The van der Waals surface area contributed by atoms with E-state index in [2.05, 4.69) is 26.8 Å². The van der Waals surface area contributed by atoms with Crippen molar-refractivity contribution in [2.75, 3.05) is 44.1 Å². The lowest BCUT2D eigenvalue weighted by Gasteiger charge is -2.30. The molecule has 3 aromatic rings. The number of carbonyl (C=O) groups is 6. The summed E-state index contributed by atoms with van der Waals surface area (Å²) in [5, 5.41) is 17.7.